The number of nitrogens with zero attached hydrogens (tertiary/aromatic N) is 1. The maximum absolute atomic E-state index is 12.8. The highest BCUT2D eigenvalue weighted by Crippen LogP contribution is 2.14. The second kappa shape index (κ2) is 8.53. The molecule has 0 aromatic heterocycles. The molecule has 0 aliphatic carbocycles. The van der Waals surface area contributed by atoms with Crippen LogP contribution in [0.25, 0.3) is 0 Å². The third-order valence-corrected chi connectivity index (χ3v) is 3.63. The quantitative estimate of drug-likeness (QED) is 0.701. The molecule has 2 rings (SSSR count). The van der Waals surface area contributed by atoms with Crippen LogP contribution in [0.2, 0.25) is 5.02 Å². The van der Waals surface area contributed by atoms with Gasteiger partial charge >= 0.3 is 0 Å². The Bertz CT molecular complexity index is 646. The Balaban J connectivity index is 1.82. The Morgan fingerprint density at radius 3 is 2.61 bits per heavy atom. The molecule has 2 aromatic rings. The number of hydrogen-bond acceptors (Lipinski definition) is 2. The zero-order valence-electron chi connectivity index (χ0n) is 13.0. The van der Waals surface area contributed by atoms with Crippen molar-refractivity contribution in [2.75, 3.05) is 19.7 Å². The second-order valence-electron chi connectivity index (χ2n) is 5.05. The van der Waals surface area contributed by atoms with E-state index in [1.807, 2.05) is 6.92 Å². The predicted molar refractivity (Wildman–Crippen MR) is 89.5 cm³/mol. The van der Waals surface area contributed by atoms with E-state index in [0.717, 1.165) is 0 Å². The molecule has 0 spiro atoms. The summed E-state index contributed by atoms with van der Waals surface area (Å²) in [5.74, 6) is 0.286. The lowest BCUT2D eigenvalue weighted by atomic mass is 10.2. The summed E-state index contributed by atoms with van der Waals surface area (Å²) in [4.78, 5) is 14.2. The highest BCUT2D eigenvalue weighted by molar-refractivity contribution is 6.30. The van der Waals surface area contributed by atoms with Crippen LogP contribution in [-0.4, -0.2) is 30.5 Å². The molecule has 0 aliphatic rings. The maximum Gasteiger partial charge on any atom is 0.253 e. The van der Waals surface area contributed by atoms with Gasteiger partial charge in [-0.15, -0.1) is 0 Å². The van der Waals surface area contributed by atoms with E-state index in [2.05, 4.69) is 0 Å². The first-order valence-electron chi connectivity index (χ1n) is 7.53. The Kier molecular flexibility index (Phi) is 6.41. The molecule has 0 fully saturated rings. The average Bonchev–Trinajstić information content (AvgIpc) is 2.56. The predicted octanol–water partition coefficient (Wildman–Crippen LogP) is 4.41. The first-order valence-corrected chi connectivity index (χ1v) is 7.91. The second-order valence-corrected chi connectivity index (χ2v) is 5.49. The van der Waals surface area contributed by atoms with Gasteiger partial charge in [0.25, 0.3) is 5.91 Å². The van der Waals surface area contributed by atoms with Crippen LogP contribution < -0.4 is 4.74 Å². The summed E-state index contributed by atoms with van der Waals surface area (Å²) in [5.41, 5.74) is 0.582. The van der Waals surface area contributed by atoms with Gasteiger partial charge < -0.3 is 9.64 Å². The minimum absolute atomic E-state index is 0.0446. The van der Waals surface area contributed by atoms with Gasteiger partial charge in [0.05, 0.1) is 6.61 Å². The number of carbonyl (C=O) groups excluding carboxylic acids is 1. The summed E-state index contributed by atoms with van der Waals surface area (Å²) in [6.45, 7) is 3.60. The van der Waals surface area contributed by atoms with Gasteiger partial charge in [0, 0.05) is 23.7 Å². The average molecular weight is 336 g/mol. The topological polar surface area (TPSA) is 29.5 Å². The lowest BCUT2D eigenvalue weighted by molar-refractivity contribution is 0.0756. The van der Waals surface area contributed by atoms with Crippen LogP contribution in [0.5, 0.6) is 5.75 Å². The lowest BCUT2D eigenvalue weighted by Gasteiger charge is -2.21. The molecule has 0 saturated carbocycles. The van der Waals surface area contributed by atoms with Crippen LogP contribution in [-0.2, 0) is 0 Å². The van der Waals surface area contributed by atoms with E-state index in [1.165, 1.54) is 12.1 Å². The highest BCUT2D eigenvalue weighted by atomic mass is 35.5. The van der Waals surface area contributed by atoms with Crippen molar-refractivity contribution in [3.63, 3.8) is 0 Å². The molecular weight excluding hydrogens is 317 g/mol. The van der Waals surface area contributed by atoms with Crippen molar-refractivity contribution < 1.29 is 13.9 Å². The summed E-state index contributed by atoms with van der Waals surface area (Å²) in [5, 5.41) is 0.548. The molecule has 0 atom stereocenters. The van der Waals surface area contributed by atoms with Crippen molar-refractivity contribution in [3.8, 4) is 5.75 Å². The molecular formula is C18H19ClFNO2. The molecule has 122 valence electrons. The number of rotatable bonds is 7. The minimum Gasteiger partial charge on any atom is -0.494 e. The largest absolute Gasteiger partial charge is 0.494 e. The zero-order valence-corrected chi connectivity index (χ0v) is 13.7. The molecule has 3 nitrogen and oxygen atoms in total. The molecule has 0 N–H and O–H groups in total. The molecule has 5 heteroatoms. The van der Waals surface area contributed by atoms with E-state index in [1.54, 1.807) is 41.3 Å². The first-order chi connectivity index (χ1) is 11.1. The molecule has 1 amide bonds. The maximum atomic E-state index is 12.8. The van der Waals surface area contributed by atoms with E-state index in [0.29, 0.717) is 42.5 Å². The van der Waals surface area contributed by atoms with Gasteiger partial charge in [0.15, 0.2) is 0 Å². The van der Waals surface area contributed by atoms with Crippen LogP contribution in [0.15, 0.2) is 48.5 Å². The van der Waals surface area contributed by atoms with Gasteiger partial charge in [-0.05, 0) is 55.8 Å². The standard InChI is InChI=1S/C18H19ClFNO2/c1-2-21(18(22)14-5-3-6-15(19)13-14)11-4-12-23-17-9-7-16(20)8-10-17/h3,5-10,13H,2,4,11-12H2,1H3. The number of benzene rings is 2. The van der Waals surface area contributed by atoms with E-state index in [4.69, 9.17) is 16.3 Å². The van der Waals surface area contributed by atoms with E-state index in [-0.39, 0.29) is 11.7 Å². The van der Waals surface area contributed by atoms with Crippen molar-refractivity contribution >= 4 is 17.5 Å². The fourth-order valence-corrected chi connectivity index (χ4v) is 2.37. The fourth-order valence-electron chi connectivity index (χ4n) is 2.18. The van der Waals surface area contributed by atoms with E-state index in [9.17, 15) is 9.18 Å². The molecule has 2 aromatic carbocycles. The van der Waals surface area contributed by atoms with Gasteiger partial charge in [0.1, 0.15) is 11.6 Å². The normalized spacial score (nSPS) is 10.4. The summed E-state index contributed by atoms with van der Waals surface area (Å²) in [7, 11) is 0. The third-order valence-electron chi connectivity index (χ3n) is 3.40. The Hall–Kier alpha value is -2.07. The van der Waals surface area contributed by atoms with Crippen molar-refractivity contribution in [2.24, 2.45) is 0 Å². The summed E-state index contributed by atoms with van der Waals surface area (Å²) < 4.78 is 18.3. The number of hydrogen-bond donors (Lipinski definition) is 0. The van der Waals surface area contributed by atoms with Gasteiger partial charge in [-0.2, -0.15) is 0 Å². The monoisotopic (exact) mass is 335 g/mol. The van der Waals surface area contributed by atoms with Crippen LogP contribution in [0.3, 0.4) is 0 Å². The van der Waals surface area contributed by atoms with Crippen LogP contribution in [0.1, 0.15) is 23.7 Å². The highest BCUT2D eigenvalue weighted by Gasteiger charge is 2.14. The van der Waals surface area contributed by atoms with Crippen LogP contribution in [0.4, 0.5) is 4.39 Å². The molecule has 0 heterocycles. The van der Waals surface area contributed by atoms with Gasteiger partial charge in [-0.1, -0.05) is 17.7 Å². The number of carbonyl (C=O) groups is 1. The summed E-state index contributed by atoms with van der Waals surface area (Å²) in [6, 6.07) is 12.8. The number of ether oxygens (including phenoxy) is 1. The molecule has 0 radical (unpaired) electrons. The molecule has 0 aliphatic heterocycles. The minimum atomic E-state index is -0.290. The fraction of sp³-hybridized carbons (Fsp3) is 0.278. The van der Waals surface area contributed by atoms with Crippen molar-refractivity contribution in [1.29, 1.82) is 0 Å². The summed E-state index contributed by atoms with van der Waals surface area (Å²) >= 11 is 5.93. The van der Waals surface area contributed by atoms with Crippen molar-refractivity contribution in [1.82, 2.24) is 4.90 Å². The van der Waals surface area contributed by atoms with Gasteiger partial charge in [-0.25, -0.2) is 4.39 Å². The molecule has 0 saturated heterocycles. The SMILES string of the molecule is CCN(CCCOc1ccc(F)cc1)C(=O)c1cccc(Cl)c1. The van der Waals surface area contributed by atoms with Crippen LogP contribution >= 0.6 is 11.6 Å². The van der Waals surface area contributed by atoms with Gasteiger partial charge in [0.2, 0.25) is 0 Å². The number of amides is 1. The molecule has 23 heavy (non-hydrogen) atoms. The van der Waals surface area contributed by atoms with Crippen molar-refractivity contribution in [2.45, 2.75) is 13.3 Å². The van der Waals surface area contributed by atoms with E-state index >= 15 is 0 Å². The smallest absolute Gasteiger partial charge is 0.253 e. The lowest BCUT2D eigenvalue weighted by Crippen LogP contribution is -2.32. The third kappa shape index (κ3) is 5.25. The van der Waals surface area contributed by atoms with Crippen molar-refractivity contribution in [3.05, 3.63) is 64.9 Å². The Morgan fingerprint density at radius 2 is 1.96 bits per heavy atom. The Labute approximate surface area is 140 Å². The summed E-state index contributed by atoms with van der Waals surface area (Å²) in [6.07, 6.45) is 0.692. The Morgan fingerprint density at radius 1 is 1.22 bits per heavy atom. The van der Waals surface area contributed by atoms with E-state index < -0.39 is 0 Å². The first kappa shape index (κ1) is 17.3. The molecule has 0 unspecified atom stereocenters. The molecule has 0 bridgehead atoms. The van der Waals surface area contributed by atoms with Crippen LogP contribution in [0, 0.1) is 5.82 Å². The zero-order chi connectivity index (χ0) is 16.7. The van der Waals surface area contributed by atoms with Gasteiger partial charge in [-0.3, -0.25) is 4.79 Å². The number of halogens is 2.